The molecule has 4 nitrogen and oxygen atoms in total. The molecule has 0 saturated carbocycles. The molecule has 5 atom stereocenters. The first-order valence-corrected chi connectivity index (χ1v) is 12.5. The van der Waals surface area contributed by atoms with Crippen molar-refractivity contribution in [3.05, 3.63) is 100 Å². The summed E-state index contributed by atoms with van der Waals surface area (Å²) < 4.78 is 24.4. The summed E-state index contributed by atoms with van der Waals surface area (Å²) in [6, 6.07) is 24.6. The number of halogens is 1. The Balaban J connectivity index is 1.28. The molecule has 0 amide bonds. The number of ether oxygens (including phenoxy) is 4. The molecule has 5 heteroatoms. The molecular formula is C29H31ClO4. The van der Waals surface area contributed by atoms with Gasteiger partial charge in [0.2, 0.25) is 0 Å². The minimum absolute atomic E-state index is 0.00641. The van der Waals surface area contributed by atoms with Crippen LogP contribution in [-0.2, 0) is 20.6 Å². The lowest BCUT2D eigenvalue weighted by Crippen LogP contribution is -2.49. The smallest absolute Gasteiger partial charge is 0.184 e. The Morgan fingerprint density at radius 2 is 1.74 bits per heavy atom. The highest BCUT2D eigenvalue weighted by Gasteiger charge is 2.42. The summed E-state index contributed by atoms with van der Waals surface area (Å²) in [6.07, 6.45) is 1.25. The molecule has 2 saturated heterocycles. The van der Waals surface area contributed by atoms with E-state index in [2.05, 4.69) is 31.2 Å². The molecule has 2 aliphatic rings. The molecular weight excluding hydrogens is 448 g/mol. The van der Waals surface area contributed by atoms with Gasteiger partial charge in [0.15, 0.2) is 6.29 Å². The second-order valence-electron chi connectivity index (χ2n) is 9.16. The van der Waals surface area contributed by atoms with Gasteiger partial charge in [0.25, 0.3) is 0 Å². The maximum atomic E-state index is 6.57. The summed E-state index contributed by atoms with van der Waals surface area (Å²) in [4.78, 5) is 0. The summed E-state index contributed by atoms with van der Waals surface area (Å²) in [6.45, 7) is 5.43. The minimum atomic E-state index is -0.332. The standard InChI is InChI=1S/C29H31ClO4/c1-3-31-24-12-9-20(10-13-24)16-23-17-22(11-14-25(23)30)26-15-19(2)28-27(33-26)18-32-29(34-28)21-7-5-4-6-8-21/h4-14,17,19,26-29H,3,15-16,18H2,1-2H3. The highest BCUT2D eigenvalue weighted by atomic mass is 35.5. The summed E-state index contributed by atoms with van der Waals surface area (Å²) in [5.74, 6) is 1.24. The Morgan fingerprint density at radius 1 is 0.941 bits per heavy atom. The number of hydrogen-bond donors (Lipinski definition) is 0. The van der Waals surface area contributed by atoms with Gasteiger partial charge in [0.05, 0.1) is 25.4 Å². The maximum absolute atomic E-state index is 6.57. The van der Waals surface area contributed by atoms with Gasteiger partial charge in [-0.15, -0.1) is 0 Å². The summed E-state index contributed by atoms with van der Waals surface area (Å²) in [7, 11) is 0. The summed E-state index contributed by atoms with van der Waals surface area (Å²) >= 11 is 6.57. The van der Waals surface area contributed by atoms with Crippen LogP contribution in [0.4, 0.5) is 0 Å². The van der Waals surface area contributed by atoms with Gasteiger partial charge >= 0.3 is 0 Å². The first-order valence-electron chi connectivity index (χ1n) is 12.1. The lowest BCUT2D eigenvalue weighted by molar-refractivity contribution is -0.301. The van der Waals surface area contributed by atoms with E-state index in [1.54, 1.807) is 0 Å². The van der Waals surface area contributed by atoms with Crippen LogP contribution in [0.25, 0.3) is 0 Å². The van der Waals surface area contributed by atoms with Crippen molar-refractivity contribution >= 4 is 11.6 Å². The number of benzene rings is 3. The molecule has 5 unspecified atom stereocenters. The van der Waals surface area contributed by atoms with Gasteiger partial charge in [-0.2, -0.15) is 0 Å². The third-order valence-corrected chi connectivity index (χ3v) is 7.06. The Bertz CT molecular complexity index is 1090. The Kier molecular flexibility index (Phi) is 7.21. The van der Waals surface area contributed by atoms with Crippen LogP contribution in [0, 0.1) is 5.92 Å². The topological polar surface area (TPSA) is 36.9 Å². The predicted molar refractivity (Wildman–Crippen MR) is 133 cm³/mol. The molecule has 0 bridgehead atoms. The lowest BCUT2D eigenvalue weighted by atomic mass is 9.86. The van der Waals surface area contributed by atoms with E-state index < -0.39 is 0 Å². The van der Waals surface area contributed by atoms with E-state index in [4.69, 9.17) is 30.5 Å². The van der Waals surface area contributed by atoms with Crippen LogP contribution in [0.15, 0.2) is 72.8 Å². The molecule has 0 spiro atoms. The van der Waals surface area contributed by atoms with Crippen molar-refractivity contribution in [3.8, 4) is 5.75 Å². The van der Waals surface area contributed by atoms with E-state index in [-0.39, 0.29) is 24.6 Å². The second kappa shape index (κ2) is 10.5. The fourth-order valence-electron chi connectivity index (χ4n) is 4.92. The van der Waals surface area contributed by atoms with Gasteiger partial charge in [0.1, 0.15) is 11.9 Å². The van der Waals surface area contributed by atoms with E-state index in [0.717, 1.165) is 40.3 Å². The van der Waals surface area contributed by atoms with Crippen molar-refractivity contribution in [2.45, 2.75) is 51.3 Å². The number of rotatable bonds is 6. The van der Waals surface area contributed by atoms with Crippen molar-refractivity contribution in [2.75, 3.05) is 13.2 Å². The average Bonchev–Trinajstić information content (AvgIpc) is 2.87. The van der Waals surface area contributed by atoms with E-state index in [1.165, 1.54) is 5.56 Å². The van der Waals surface area contributed by atoms with Crippen LogP contribution >= 0.6 is 11.6 Å². The molecule has 2 fully saturated rings. The molecule has 2 heterocycles. The third-order valence-electron chi connectivity index (χ3n) is 6.69. The van der Waals surface area contributed by atoms with E-state index in [1.807, 2.05) is 55.5 Å². The molecule has 0 N–H and O–H groups in total. The van der Waals surface area contributed by atoms with Crippen LogP contribution in [0.5, 0.6) is 5.75 Å². The highest BCUT2D eigenvalue weighted by molar-refractivity contribution is 6.31. The van der Waals surface area contributed by atoms with Crippen LogP contribution in [0.2, 0.25) is 5.02 Å². The predicted octanol–water partition coefficient (Wildman–Crippen LogP) is 6.91. The van der Waals surface area contributed by atoms with Gasteiger partial charge in [-0.05, 0) is 60.6 Å². The van der Waals surface area contributed by atoms with Gasteiger partial charge in [0, 0.05) is 10.6 Å². The SMILES string of the molecule is CCOc1ccc(Cc2cc(C3CC(C)C4OC(c5ccccc5)OCC4O3)ccc2Cl)cc1. The molecule has 0 radical (unpaired) electrons. The molecule has 178 valence electrons. The van der Waals surface area contributed by atoms with Gasteiger partial charge < -0.3 is 18.9 Å². The van der Waals surface area contributed by atoms with E-state index in [0.29, 0.717) is 19.1 Å². The molecule has 0 aromatic heterocycles. The monoisotopic (exact) mass is 478 g/mol. The molecule has 5 rings (SSSR count). The Labute approximate surface area is 206 Å². The highest BCUT2D eigenvalue weighted by Crippen LogP contribution is 2.42. The lowest BCUT2D eigenvalue weighted by Gasteiger charge is -2.45. The zero-order valence-electron chi connectivity index (χ0n) is 19.7. The van der Waals surface area contributed by atoms with Crippen molar-refractivity contribution in [1.29, 1.82) is 0 Å². The zero-order valence-corrected chi connectivity index (χ0v) is 20.4. The van der Waals surface area contributed by atoms with Crippen molar-refractivity contribution in [3.63, 3.8) is 0 Å². The minimum Gasteiger partial charge on any atom is -0.494 e. The van der Waals surface area contributed by atoms with E-state index >= 15 is 0 Å². The first kappa shape index (κ1) is 23.4. The quantitative estimate of drug-likeness (QED) is 0.385. The largest absolute Gasteiger partial charge is 0.494 e. The maximum Gasteiger partial charge on any atom is 0.184 e. The molecule has 3 aromatic rings. The Morgan fingerprint density at radius 3 is 2.50 bits per heavy atom. The second-order valence-corrected chi connectivity index (χ2v) is 9.56. The fourth-order valence-corrected chi connectivity index (χ4v) is 5.11. The van der Waals surface area contributed by atoms with Gasteiger partial charge in [-0.25, -0.2) is 0 Å². The fraction of sp³-hybridized carbons (Fsp3) is 0.379. The van der Waals surface area contributed by atoms with E-state index in [9.17, 15) is 0 Å². The van der Waals surface area contributed by atoms with Gasteiger partial charge in [-0.1, -0.05) is 73.1 Å². The number of hydrogen-bond acceptors (Lipinski definition) is 4. The van der Waals surface area contributed by atoms with Crippen LogP contribution in [0.1, 0.15) is 54.9 Å². The van der Waals surface area contributed by atoms with Gasteiger partial charge in [-0.3, -0.25) is 0 Å². The Hall–Kier alpha value is -2.37. The molecule has 34 heavy (non-hydrogen) atoms. The van der Waals surface area contributed by atoms with Crippen molar-refractivity contribution in [2.24, 2.45) is 5.92 Å². The number of fused-ring (bicyclic) bond motifs is 1. The molecule has 3 aromatic carbocycles. The zero-order chi connectivity index (χ0) is 23.5. The summed E-state index contributed by atoms with van der Waals surface area (Å²) in [5.41, 5.74) is 4.50. The first-order chi connectivity index (χ1) is 16.6. The van der Waals surface area contributed by atoms with Crippen molar-refractivity contribution in [1.82, 2.24) is 0 Å². The molecule has 2 aliphatic heterocycles. The van der Waals surface area contributed by atoms with Crippen molar-refractivity contribution < 1.29 is 18.9 Å². The third kappa shape index (κ3) is 5.16. The summed E-state index contributed by atoms with van der Waals surface area (Å²) in [5, 5.41) is 0.773. The van der Waals surface area contributed by atoms with Crippen LogP contribution in [0.3, 0.4) is 0 Å². The normalized spacial score (nSPS) is 26.6. The molecule has 0 aliphatic carbocycles. The van der Waals surface area contributed by atoms with Crippen LogP contribution in [-0.4, -0.2) is 25.4 Å². The average molecular weight is 479 g/mol. The van der Waals surface area contributed by atoms with Crippen LogP contribution < -0.4 is 4.74 Å².